The number of likely N-dealkylation sites (tertiary alicyclic amines) is 1. The zero-order chi connectivity index (χ0) is 13.8. The number of benzene rings is 1. The molecule has 1 aromatic rings. The van der Waals surface area contributed by atoms with Crippen LogP contribution in [0, 0.1) is 0 Å². The lowest BCUT2D eigenvalue weighted by atomic mass is 10.0. The van der Waals surface area contributed by atoms with Crippen LogP contribution >= 0.6 is 0 Å². The van der Waals surface area contributed by atoms with Crippen LogP contribution in [0.3, 0.4) is 0 Å². The molecule has 0 bridgehead atoms. The van der Waals surface area contributed by atoms with Crippen LogP contribution in [-0.2, 0) is 0 Å². The fraction of sp³-hybridized carbons (Fsp3) is 0.533. The number of hydrogen-bond acceptors (Lipinski definition) is 2. The van der Waals surface area contributed by atoms with Crippen molar-refractivity contribution in [2.75, 3.05) is 11.9 Å². The Morgan fingerprint density at radius 1 is 1.47 bits per heavy atom. The molecule has 19 heavy (non-hydrogen) atoms. The summed E-state index contributed by atoms with van der Waals surface area (Å²) in [7, 11) is 0. The molecule has 4 nitrogen and oxygen atoms in total. The van der Waals surface area contributed by atoms with Gasteiger partial charge in [0.25, 0.3) is 0 Å². The Balaban J connectivity index is 2.03. The van der Waals surface area contributed by atoms with Crippen molar-refractivity contribution in [3.05, 3.63) is 29.8 Å². The van der Waals surface area contributed by atoms with Crippen molar-refractivity contribution < 1.29 is 4.79 Å². The molecule has 104 valence electrons. The maximum atomic E-state index is 12.2. The molecule has 1 heterocycles. The van der Waals surface area contributed by atoms with Gasteiger partial charge in [0.1, 0.15) is 0 Å². The highest BCUT2D eigenvalue weighted by Gasteiger charge is 2.23. The third-order valence-corrected chi connectivity index (χ3v) is 3.73. The number of piperidine rings is 1. The Hall–Kier alpha value is -1.55. The Labute approximate surface area is 115 Å². The number of carbonyl (C=O) groups is 1. The van der Waals surface area contributed by atoms with Crippen LogP contribution in [0.1, 0.15) is 44.7 Å². The molecular formula is C15H23N3O. The van der Waals surface area contributed by atoms with Gasteiger partial charge >= 0.3 is 6.03 Å². The molecule has 0 saturated carbocycles. The van der Waals surface area contributed by atoms with Crippen LogP contribution in [0.4, 0.5) is 10.5 Å². The van der Waals surface area contributed by atoms with E-state index in [1.807, 2.05) is 36.1 Å². The summed E-state index contributed by atoms with van der Waals surface area (Å²) in [6, 6.07) is 8.04. The number of nitrogens with one attached hydrogen (secondary N) is 1. The van der Waals surface area contributed by atoms with Crippen molar-refractivity contribution in [1.29, 1.82) is 0 Å². The fourth-order valence-electron chi connectivity index (χ4n) is 2.49. The maximum Gasteiger partial charge on any atom is 0.322 e. The van der Waals surface area contributed by atoms with Gasteiger partial charge < -0.3 is 16.0 Å². The lowest BCUT2D eigenvalue weighted by Crippen LogP contribution is -2.44. The van der Waals surface area contributed by atoms with Gasteiger partial charge in [-0.05, 0) is 50.8 Å². The van der Waals surface area contributed by atoms with Gasteiger partial charge in [-0.1, -0.05) is 12.1 Å². The van der Waals surface area contributed by atoms with Crippen molar-refractivity contribution in [3.8, 4) is 0 Å². The molecule has 0 spiro atoms. The van der Waals surface area contributed by atoms with E-state index >= 15 is 0 Å². The molecule has 0 aromatic heterocycles. The molecule has 1 fully saturated rings. The first-order valence-electron chi connectivity index (χ1n) is 7.01. The second-order valence-corrected chi connectivity index (χ2v) is 5.38. The van der Waals surface area contributed by atoms with Crippen LogP contribution in [-0.4, -0.2) is 23.5 Å². The highest BCUT2D eigenvalue weighted by atomic mass is 16.2. The van der Waals surface area contributed by atoms with Crippen molar-refractivity contribution >= 4 is 11.7 Å². The highest BCUT2D eigenvalue weighted by molar-refractivity contribution is 5.89. The van der Waals surface area contributed by atoms with E-state index in [0.717, 1.165) is 30.6 Å². The third kappa shape index (κ3) is 3.47. The molecule has 4 heteroatoms. The fourth-order valence-corrected chi connectivity index (χ4v) is 2.49. The smallest absolute Gasteiger partial charge is 0.322 e. The summed E-state index contributed by atoms with van der Waals surface area (Å²) in [5.41, 5.74) is 7.70. The minimum atomic E-state index is -0.0224. The van der Waals surface area contributed by atoms with E-state index in [1.54, 1.807) is 0 Å². The predicted octanol–water partition coefficient (Wildman–Crippen LogP) is 3.11. The summed E-state index contributed by atoms with van der Waals surface area (Å²) >= 11 is 0. The van der Waals surface area contributed by atoms with Crippen molar-refractivity contribution in [2.24, 2.45) is 5.73 Å². The van der Waals surface area contributed by atoms with E-state index in [2.05, 4.69) is 12.2 Å². The van der Waals surface area contributed by atoms with E-state index in [1.165, 1.54) is 6.42 Å². The maximum absolute atomic E-state index is 12.2. The second kappa shape index (κ2) is 6.06. The van der Waals surface area contributed by atoms with Crippen molar-refractivity contribution in [1.82, 2.24) is 4.90 Å². The number of urea groups is 1. The molecular weight excluding hydrogens is 238 g/mol. The first kappa shape index (κ1) is 13.9. The summed E-state index contributed by atoms with van der Waals surface area (Å²) < 4.78 is 0. The summed E-state index contributed by atoms with van der Waals surface area (Å²) in [6.07, 6.45) is 3.40. The van der Waals surface area contributed by atoms with Gasteiger partial charge in [-0.2, -0.15) is 0 Å². The Morgan fingerprint density at radius 2 is 2.26 bits per heavy atom. The zero-order valence-corrected chi connectivity index (χ0v) is 11.7. The SMILES string of the molecule is CC(N)c1cccc(NC(=O)N2CCCCC2C)c1. The minimum Gasteiger partial charge on any atom is -0.324 e. The van der Waals surface area contributed by atoms with Gasteiger partial charge in [-0.3, -0.25) is 0 Å². The Kier molecular flexibility index (Phi) is 4.43. The second-order valence-electron chi connectivity index (χ2n) is 5.38. The molecule has 1 aliphatic heterocycles. The standard InChI is InChI=1S/C15H23N3O/c1-11-6-3-4-9-18(11)15(19)17-14-8-5-7-13(10-14)12(2)16/h5,7-8,10-12H,3-4,6,9,16H2,1-2H3,(H,17,19). The van der Waals surface area contributed by atoms with Gasteiger partial charge in [-0.25, -0.2) is 4.79 Å². The molecule has 1 aromatic carbocycles. The topological polar surface area (TPSA) is 58.4 Å². The number of hydrogen-bond donors (Lipinski definition) is 2. The average Bonchev–Trinajstić information content (AvgIpc) is 2.39. The Morgan fingerprint density at radius 3 is 2.95 bits per heavy atom. The van der Waals surface area contributed by atoms with Crippen molar-refractivity contribution in [3.63, 3.8) is 0 Å². The van der Waals surface area contributed by atoms with Crippen LogP contribution in [0.5, 0.6) is 0 Å². The van der Waals surface area contributed by atoms with Gasteiger partial charge in [0.05, 0.1) is 0 Å². The zero-order valence-electron chi connectivity index (χ0n) is 11.7. The summed E-state index contributed by atoms with van der Waals surface area (Å²) in [5, 5.41) is 2.97. The third-order valence-electron chi connectivity index (χ3n) is 3.73. The van der Waals surface area contributed by atoms with Crippen LogP contribution in [0.2, 0.25) is 0 Å². The quantitative estimate of drug-likeness (QED) is 0.859. The predicted molar refractivity (Wildman–Crippen MR) is 78.1 cm³/mol. The molecule has 1 aliphatic rings. The van der Waals surface area contributed by atoms with Crippen LogP contribution in [0.15, 0.2) is 24.3 Å². The molecule has 3 N–H and O–H groups in total. The summed E-state index contributed by atoms with van der Waals surface area (Å²) in [5.74, 6) is 0. The number of nitrogens with zero attached hydrogens (tertiary/aromatic N) is 1. The van der Waals surface area contributed by atoms with E-state index in [0.29, 0.717) is 6.04 Å². The van der Waals surface area contributed by atoms with Crippen LogP contribution < -0.4 is 11.1 Å². The van der Waals surface area contributed by atoms with Crippen molar-refractivity contribution in [2.45, 2.75) is 45.2 Å². The van der Waals surface area contributed by atoms with Gasteiger partial charge in [0.15, 0.2) is 0 Å². The first-order valence-corrected chi connectivity index (χ1v) is 7.01. The largest absolute Gasteiger partial charge is 0.324 e. The van der Waals surface area contributed by atoms with Gasteiger partial charge in [-0.15, -0.1) is 0 Å². The molecule has 0 aliphatic carbocycles. The van der Waals surface area contributed by atoms with E-state index in [9.17, 15) is 4.79 Å². The molecule has 2 amide bonds. The lowest BCUT2D eigenvalue weighted by molar-refractivity contribution is 0.170. The normalized spacial score (nSPS) is 21.0. The molecule has 2 rings (SSSR count). The Bertz CT molecular complexity index is 445. The highest BCUT2D eigenvalue weighted by Crippen LogP contribution is 2.19. The number of amides is 2. The summed E-state index contributed by atoms with van der Waals surface area (Å²) in [6.45, 7) is 4.89. The minimum absolute atomic E-state index is 0.00553. The van der Waals surface area contributed by atoms with E-state index in [-0.39, 0.29) is 12.1 Å². The number of rotatable bonds is 2. The number of carbonyl (C=O) groups excluding carboxylic acids is 1. The summed E-state index contributed by atoms with van der Waals surface area (Å²) in [4.78, 5) is 14.2. The number of nitrogens with two attached hydrogens (primary N) is 1. The van der Waals surface area contributed by atoms with E-state index in [4.69, 9.17) is 5.73 Å². The van der Waals surface area contributed by atoms with Gasteiger partial charge in [0.2, 0.25) is 0 Å². The molecule has 1 saturated heterocycles. The molecule has 2 unspecified atom stereocenters. The lowest BCUT2D eigenvalue weighted by Gasteiger charge is -2.33. The van der Waals surface area contributed by atoms with Gasteiger partial charge in [0, 0.05) is 24.3 Å². The molecule has 2 atom stereocenters. The average molecular weight is 261 g/mol. The first-order chi connectivity index (χ1) is 9.08. The number of anilines is 1. The van der Waals surface area contributed by atoms with E-state index < -0.39 is 0 Å². The molecule has 0 radical (unpaired) electrons. The monoisotopic (exact) mass is 261 g/mol. The van der Waals surface area contributed by atoms with Crippen LogP contribution in [0.25, 0.3) is 0 Å².